The first-order chi connectivity index (χ1) is 9.47. The summed E-state index contributed by atoms with van der Waals surface area (Å²) in [6, 6.07) is 4.09. The van der Waals surface area contributed by atoms with Gasteiger partial charge in [0.2, 0.25) is 0 Å². The molecule has 0 fully saturated rings. The molecule has 7 heteroatoms. The van der Waals surface area contributed by atoms with Crippen LogP contribution >= 0.6 is 23.1 Å². The van der Waals surface area contributed by atoms with Crippen LogP contribution in [0.5, 0.6) is 0 Å². The Hall–Kier alpha value is -1.34. The minimum atomic E-state index is -0.845. The maximum absolute atomic E-state index is 10.7. The molecule has 0 aromatic carbocycles. The molecule has 0 saturated heterocycles. The molecule has 0 atom stereocenters. The van der Waals surface area contributed by atoms with E-state index in [1.54, 1.807) is 11.3 Å². The second kappa shape index (κ2) is 6.41. The Labute approximate surface area is 126 Å². The molecule has 0 aliphatic heterocycles. The van der Waals surface area contributed by atoms with E-state index in [-0.39, 0.29) is 5.75 Å². The number of hydrogen-bond acceptors (Lipinski definition) is 5. The number of thioether (sulfide) groups is 1. The number of carboxylic acids is 1. The standard InChI is InChI=1S/C13H17N3O2S2/c1-8(2)6-16-12(10-5-4-9(3)20-10)14-15-13(16)19-7-11(17)18/h4-5,8H,6-7H2,1-3H3,(H,17,18). The number of hydrogen-bond donors (Lipinski definition) is 1. The van der Waals surface area contributed by atoms with Crippen molar-refractivity contribution >= 4 is 29.1 Å². The number of thiophene rings is 1. The van der Waals surface area contributed by atoms with Gasteiger partial charge in [-0.3, -0.25) is 4.79 Å². The van der Waals surface area contributed by atoms with Crippen LogP contribution in [0.15, 0.2) is 17.3 Å². The fraction of sp³-hybridized carbons (Fsp3) is 0.462. The Morgan fingerprint density at radius 1 is 1.45 bits per heavy atom. The van der Waals surface area contributed by atoms with Gasteiger partial charge in [0, 0.05) is 11.4 Å². The van der Waals surface area contributed by atoms with Crippen LogP contribution in [0, 0.1) is 12.8 Å². The van der Waals surface area contributed by atoms with Crippen LogP contribution < -0.4 is 0 Å². The third kappa shape index (κ3) is 3.61. The molecule has 0 aliphatic rings. The van der Waals surface area contributed by atoms with E-state index in [0.717, 1.165) is 17.2 Å². The maximum atomic E-state index is 10.7. The van der Waals surface area contributed by atoms with Gasteiger partial charge < -0.3 is 9.67 Å². The van der Waals surface area contributed by atoms with Gasteiger partial charge in [0.05, 0.1) is 10.6 Å². The van der Waals surface area contributed by atoms with Crippen LogP contribution in [0.25, 0.3) is 10.7 Å². The monoisotopic (exact) mass is 311 g/mol. The summed E-state index contributed by atoms with van der Waals surface area (Å²) in [5, 5.41) is 17.9. The zero-order valence-corrected chi connectivity index (χ0v) is 13.3. The zero-order chi connectivity index (χ0) is 14.7. The van der Waals surface area contributed by atoms with E-state index in [2.05, 4.69) is 37.0 Å². The lowest BCUT2D eigenvalue weighted by Gasteiger charge is -2.11. The predicted octanol–water partition coefficient (Wildman–Crippen LogP) is 3.15. The number of rotatable bonds is 6. The number of aromatic nitrogens is 3. The van der Waals surface area contributed by atoms with Crippen molar-refractivity contribution < 1.29 is 9.90 Å². The Bertz CT molecular complexity index is 605. The molecule has 0 radical (unpaired) electrons. The van der Waals surface area contributed by atoms with E-state index in [1.165, 1.54) is 16.6 Å². The van der Waals surface area contributed by atoms with Crippen molar-refractivity contribution in [3.05, 3.63) is 17.0 Å². The van der Waals surface area contributed by atoms with Gasteiger partial charge in [-0.15, -0.1) is 21.5 Å². The Morgan fingerprint density at radius 2 is 2.20 bits per heavy atom. The van der Waals surface area contributed by atoms with Crippen molar-refractivity contribution in [1.82, 2.24) is 14.8 Å². The molecule has 1 N–H and O–H groups in total. The smallest absolute Gasteiger partial charge is 0.313 e. The van der Waals surface area contributed by atoms with E-state index < -0.39 is 5.97 Å². The fourth-order valence-corrected chi connectivity index (χ4v) is 3.32. The van der Waals surface area contributed by atoms with Gasteiger partial charge in [-0.05, 0) is 25.0 Å². The summed E-state index contributed by atoms with van der Waals surface area (Å²) in [7, 11) is 0. The molecule has 20 heavy (non-hydrogen) atoms. The summed E-state index contributed by atoms with van der Waals surface area (Å²) in [5.41, 5.74) is 0. The number of aliphatic carboxylic acids is 1. The minimum Gasteiger partial charge on any atom is -0.481 e. The second-order valence-electron chi connectivity index (χ2n) is 4.90. The summed E-state index contributed by atoms with van der Waals surface area (Å²) >= 11 is 2.88. The second-order valence-corrected chi connectivity index (χ2v) is 7.13. The van der Waals surface area contributed by atoms with E-state index >= 15 is 0 Å². The van der Waals surface area contributed by atoms with E-state index in [9.17, 15) is 4.79 Å². The molecule has 2 aromatic heterocycles. The molecular formula is C13H17N3O2S2. The van der Waals surface area contributed by atoms with Gasteiger partial charge in [0.15, 0.2) is 11.0 Å². The molecule has 0 bridgehead atoms. The molecule has 0 saturated carbocycles. The molecule has 0 amide bonds. The van der Waals surface area contributed by atoms with Crippen molar-refractivity contribution in [2.75, 3.05) is 5.75 Å². The predicted molar refractivity (Wildman–Crippen MR) is 81.3 cm³/mol. The topological polar surface area (TPSA) is 68.0 Å². The lowest BCUT2D eigenvalue weighted by molar-refractivity contribution is -0.133. The molecule has 2 aromatic rings. The van der Waals surface area contributed by atoms with Crippen molar-refractivity contribution in [1.29, 1.82) is 0 Å². The Kier molecular flexibility index (Phi) is 4.82. The van der Waals surface area contributed by atoms with Gasteiger partial charge in [0.25, 0.3) is 0 Å². The lowest BCUT2D eigenvalue weighted by atomic mass is 10.2. The molecule has 0 aliphatic carbocycles. The van der Waals surface area contributed by atoms with Crippen LogP contribution in [0.3, 0.4) is 0 Å². The van der Waals surface area contributed by atoms with Crippen LogP contribution in [0.2, 0.25) is 0 Å². The van der Waals surface area contributed by atoms with E-state index in [4.69, 9.17) is 5.11 Å². The highest BCUT2D eigenvalue weighted by Crippen LogP contribution is 2.29. The van der Waals surface area contributed by atoms with Gasteiger partial charge in [0.1, 0.15) is 0 Å². The molecule has 2 heterocycles. The molecule has 0 spiro atoms. The summed E-state index contributed by atoms with van der Waals surface area (Å²) < 4.78 is 2.02. The van der Waals surface area contributed by atoms with Crippen molar-refractivity contribution in [3.8, 4) is 10.7 Å². The first kappa shape index (κ1) is 15.1. The SMILES string of the molecule is Cc1ccc(-c2nnc(SCC(=O)O)n2CC(C)C)s1. The average molecular weight is 311 g/mol. The van der Waals surface area contributed by atoms with Crippen molar-refractivity contribution in [2.45, 2.75) is 32.5 Å². The summed E-state index contributed by atoms with van der Waals surface area (Å²) in [6.45, 7) is 7.07. The quantitative estimate of drug-likeness (QED) is 0.830. The Morgan fingerprint density at radius 3 is 2.75 bits per heavy atom. The van der Waals surface area contributed by atoms with E-state index in [0.29, 0.717) is 11.1 Å². The van der Waals surface area contributed by atoms with Gasteiger partial charge >= 0.3 is 5.97 Å². The van der Waals surface area contributed by atoms with Crippen LogP contribution in [-0.2, 0) is 11.3 Å². The average Bonchev–Trinajstić information content (AvgIpc) is 2.93. The summed E-state index contributed by atoms with van der Waals surface area (Å²) in [5.74, 6) is 0.418. The van der Waals surface area contributed by atoms with Gasteiger partial charge in [-0.1, -0.05) is 25.6 Å². The number of carbonyl (C=O) groups is 1. The first-order valence-corrected chi connectivity index (χ1v) is 8.12. The van der Waals surface area contributed by atoms with Gasteiger partial charge in [-0.25, -0.2) is 0 Å². The highest BCUT2D eigenvalue weighted by Gasteiger charge is 2.17. The number of carboxylic acid groups (broad SMARTS) is 1. The number of nitrogens with zero attached hydrogens (tertiary/aromatic N) is 3. The van der Waals surface area contributed by atoms with Crippen LogP contribution in [0.1, 0.15) is 18.7 Å². The third-order valence-corrected chi connectivity index (χ3v) is 4.50. The van der Waals surface area contributed by atoms with Crippen molar-refractivity contribution in [3.63, 3.8) is 0 Å². The highest BCUT2D eigenvalue weighted by molar-refractivity contribution is 7.99. The largest absolute Gasteiger partial charge is 0.481 e. The van der Waals surface area contributed by atoms with E-state index in [1.807, 2.05) is 10.6 Å². The van der Waals surface area contributed by atoms with Crippen LogP contribution in [-0.4, -0.2) is 31.6 Å². The van der Waals surface area contributed by atoms with Gasteiger partial charge in [-0.2, -0.15) is 0 Å². The molecule has 5 nitrogen and oxygen atoms in total. The first-order valence-electron chi connectivity index (χ1n) is 6.32. The molecular weight excluding hydrogens is 294 g/mol. The normalized spacial score (nSPS) is 11.2. The Balaban J connectivity index is 2.33. The highest BCUT2D eigenvalue weighted by atomic mass is 32.2. The number of aryl methyl sites for hydroxylation is 1. The minimum absolute atomic E-state index is 0.000301. The molecule has 0 unspecified atom stereocenters. The maximum Gasteiger partial charge on any atom is 0.313 e. The molecule has 108 valence electrons. The fourth-order valence-electron chi connectivity index (χ4n) is 1.79. The third-order valence-electron chi connectivity index (χ3n) is 2.55. The zero-order valence-electron chi connectivity index (χ0n) is 11.7. The molecule has 2 rings (SSSR count). The summed E-state index contributed by atoms with van der Waals surface area (Å²) in [6.07, 6.45) is 0. The lowest BCUT2D eigenvalue weighted by Crippen LogP contribution is -2.08. The summed E-state index contributed by atoms with van der Waals surface area (Å²) in [4.78, 5) is 13.0. The van der Waals surface area contributed by atoms with Crippen molar-refractivity contribution in [2.24, 2.45) is 5.92 Å². The van der Waals surface area contributed by atoms with Crippen LogP contribution in [0.4, 0.5) is 0 Å².